The van der Waals surface area contributed by atoms with Gasteiger partial charge in [-0.2, -0.15) is 0 Å². The molecule has 1 heterocycles. The zero-order valence-electron chi connectivity index (χ0n) is 7.09. The number of carbonyl (C=O) groups excluding carboxylic acids is 1. The van der Waals surface area contributed by atoms with Gasteiger partial charge in [-0.15, -0.1) is 0 Å². The van der Waals surface area contributed by atoms with E-state index in [0.29, 0.717) is 5.69 Å². The van der Waals surface area contributed by atoms with Crippen molar-refractivity contribution < 1.29 is 4.79 Å². The van der Waals surface area contributed by atoms with Crippen molar-refractivity contribution in [1.29, 1.82) is 0 Å². The highest BCUT2D eigenvalue weighted by molar-refractivity contribution is 5.88. The summed E-state index contributed by atoms with van der Waals surface area (Å²) in [5.74, 6) is 0.693. The molecule has 0 spiro atoms. The molecule has 0 fully saturated rings. The molecule has 0 saturated carbocycles. The van der Waals surface area contributed by atoms with E-state index in [1.54, 1.807) is 25.4 Å². The second kappa shape index (κ2) is 3.71. The van der Waals surface area contributed by atoms with Crippen molar-refractivity contribution in [2.45, 2.75) is 6.92 Å². The smallest absolute Gasteiger partial charge is 0.221 e. The molecule has 64 valence electrons. The third kappa shape index (κ3) is 2.23. The Kier molecular flexibility index (Phi) is 2.63. The molecule has 0 aromatic carbocycles. The van der Waals surface area contributed by atoms with Gasteiger partial charge in [0, 0.05) is 14.0 Å². The second-order valence-electron chi connectivity index (χ2n) is 2.36. The molecule has 0 aliphatic rings. The van der Waals surface area contributed by atoms with E-state index in [1.165, 1.54) is 6.92 Å². The third-order valence-corrected chi connectivity index (χ3v) is 1.34. The zero-order chi connectivity index (χ0) is 8.97. The average molecular weight is 165 g/mol. The minimum Gasteiger partial charge on any atom is -0.373 e. The summed E-state index contributed by atoms with van der Waals surface area (Å²) in [4.78, 5) is 14.6. The molecule has 0 bridgehead atoms. The lowest BCUT2D eigenvalue weighted by atomic mass is 10.4. The third-order valence-electron chi connectivity index (χ3n) is 1.34. The Hall–Kier alpha value is -1.58. The van der Waals surface area contributed by atoms with Crippen LogP contribution in [0.4, 0.5) is 11.5 Å². The molecule has 4 heteroatoms. The van der Waals surface area contributed by atoms with Gasteiger partial charge >= 0.3 is 0 Å². The Morgan fingerprint density at radius 2 is 2.25 bits per heavy atom. The van der Waals surface area contributed by atoms with Gasteiger partial charge in [-0.25, -0.2) is 4.98 Å². The maximum Gasteiger partial charge on any atom is 0.221 e. The Morgan fingerprint density at radius 3 is 2.67 bits per heavy atom. The Labute approximate surface area is 71.0 Å². The van der Waals surface area contributed by atoms with Crippen LogP contribution < -0.4 is 10.6 Å². The van der Waals surface area contributed by atoms with Crippen LogP contribution in [0.25, 0.3) is 0 Å². The van der Waals surface area contributed by atoms with E-state index < -0.39 is 0 Å². The molecular formula is C8H11N3O. The van der Waals surface area contributed by atoms with Crippen LogP contribution in [0.15, 0.2) is 18.3 Å². The van der Waals surface area contributed by atoms with Crippen LogP contribution in [0.3, 0.4) is 0 Å². The molecule has 0 radical (unpaired) electrons. The maximum absolute atomic E-state index is 10.6. The van der Waals surface area contributed by atoms with Crippen LogP contribution in [0.2, 0.25) is 0 Å². The average Bonchev–Trinajstić information content (AvgIpc) is 2.05. The van der Waals surface area contributed by atoms with Crippen LogP contribution in [0, 0.1) is 0 Å². The van der Waals surface area contributed by atoms with Crippen molar-refractivity contribution >= 4 is 17.4 Å². The van der Waals surface area contributed by atoms with E-state index in [9.17, 15) is 4.79 Å². The first-order valence-corrected chi connectivity index (χ1v) is 3.64. The van der Waals surface area contributed by atoms with Crippen molar-refractivity contribution in [3.8, 4) is 0 Å². The van der Waals surface area contributed by atoms with Crippen LogP contribution in [0.1, 0.15) is 6.92 Å². The SMILES string of the molecule is CNc1ccc(NC(C)=O)cn1. The van der Waals surface area contributed by atoms with Gasteiger partial charge in [-0.1, -0.05) is 0 Å². The summed E-state index contributed by atoms with van der Waals surface area (Å²) in [6.07, 6.45) is 1.60. The van der Waals surface area contributed by atoms with Gasteiger partial charge < -0.3 is 10.6 Å². The number of rotatable bonds is 2. The van der Waals surface area contributed by atoms with Crippen LogP contribution >= 0.6 is 0 Å². The minimum absolute atomic E-state index is 0.0889. The topological polar surface area (TPSA) is 54.0 Å². The van der Waals surface area contributed by atoms with E-state index in [4.69, 9.17) is 0 Å². The molecule has 0 unspecified atom stereocenters. The molecule has 0 saturated heterocycles. The van der Waals surface area contributed by atoms with Crippen molar-refractivity contribution in [2.75, 3.05) is 17.7 Å². The van der Waals surface area contributed by atoms with E-state index in [1.807, 2.05) is 0 Å². The molecule has 0 atom stereocenters. The monoisotopic (exact) mass is 165 g/mol. The number of anilines is 2. The van der Waals surface area contributed by atoms with Crippen LogP contribution in [-0.4, -0.2) is 17.9 Å². The first kappa shape index (κ1) is 8.52. The number of nitrogens with zero attached hydrogens (tertiary/aromatic N) is 1. The van der Waals surface area contributed by atoms with Gasteiger partial charge in [0.2, 0.25) is 5.91 Å². The van der Waals surface area contributed by atoms with Crippen molar-refractivity contribution in [1.82, 2.24) is 4.98 Å². The molecule has 2 N–H and O–H groups in total. The number of pyridine rings is 1. The molecule has 0 aliphatic carbocycles. The fourth-order valence-electron chi connectivity index (χ4n) is 0.819. The number of hydrogen-bond donors (Lipinski definition) is 2. The highest BCUT2D eigenvalue weighted by Gasteiger charge is 1.94. The molecule has 1 amide bonds. The predicted molar refractivity (Wildman–Crippen MR) is 48.1 cm³/mol. The van der Waals surface area contributed by atoms with Gasteiger partial charge in [-0.3, -0.25) is 4.79 Å². The fourth-order valence-corrected chi connectivity index (χ4v) is 0.819. The van der Waals surface area contributed by atoms with Crippen molar-refractivity contribution in [3.05, 3.63) is 18.3 Å². The first-order valence-electron chi connectivity index (χ1n) is 3.64. The number of hydrogen-bond acceptors (Lipinski definition) is 3. The molecule has 0 aliphatic heterocycles. The Balaban J connectivity index is 2.71. The molecule has 1 rings (SSSR count). The lowest BCUT2D eigenvalue weighted by Gasteiger charge is -2.02. The number of nitrogens with one attached hydrogen (secondary N) is 2. The zero-order valence-corrected chi connectivity index (χ0v) is 7.09. The van der Waals surface area contributed by atoms with Gasteiger partial charge in [-0.05, 0) is 12.1 Å². The predicted octanol–water partition coefficient (Wildman–Crippen LogP) is 1.08. The van der Waals surface area contributed by atoms with Crippen LogP contribution in [-0.2, 0) is 4.79 Å². The second-order valence-corrected chi connectivity index (χ2v) is 2.36. The van der Waals surface area contributed by atoms with Crippen molar-refractivity contribution in [3.63, 3.8) is 0 Å². The number of aromatic nitrogens is 1. The molecular weight excluding hydrogens is 154 g/mol. The summed E-state index contributed by atoms with van der Waals surface area (Å²) in [5.41, 5.74) is 0.710. The van der Waals surface area contributed by atoms with Gasteiger partial charge in [0.25, 0.3) is 0 Å². The van der Waals surface area contributed by atoms with E-state index in [-0.39, 0.29) is 5.91 Å². The minimum atomic E-state index is -0.0889. The molecule has 12 heavy (non-hydrogen) atoms. The summed E-state index contributed by atoms with van der Waals surface area (Å²) < 4.78 is 0. The normalized spacial score (nSPS) is 9.17. The molecule has 1 aromatic heterocycles. The number of carbonyl (C=O) groups is 1. The lowest BCUT2D eigenvalue weighted by Crippen LogP contribution is -2.06. The Morgan fingerprint density at radius 1 is 1.50 bits per heavy atom. The highest BCUT2D eigenvalue weighted by Crippen LogP contribution is 2.08. The lowest BCUT2D eigenvalue weighted by molar-refractivity contribution is -0.114. The van der Waals surface area contributed by atoms with Crippen LogP contribution in [0.5, 0.6) is 0 Å². The summed E-state index contributed by atoms with van der Waals surface area (Å²) in [6, 6.07) is 3.59. The summed E-state index contributed by atoms with van der Waals surface area (Å²) >= 11 is 0. The summed E-state index contributed by atoms with van der Waals surface area (Å²) in [7, 11) is 1.79. The fraction of sp³-hybridized carbons (Fsp3) is 0.250. The Bertz CT molecular complexity index is 268. The maximum atomic E-state index is 10.6. The van der Waals surface area contributed by atoms with Crippen molar-refractivity contribution in [2.24, 2.45) is 0 Å². The quantitative estimate of drug-likeness (QED) is 0.689. The van der Waals surface area contributed by atoms with E-state index in [2.05, 4.69) is 15.6 Å². The molecule has 4 nitrogen and oxygen atoms in total. The largest absolute Gasteiger partial charge is 0.373 e. The summed E-state index contributed by atoms with van der Waals surface area (Å²) in [5, 5.41) is 5.51. The van der Waals surface area contributed by atoms with Gasteiger partial charge in [0.15, 0.2) is 0 Å². The van der Waals surface area contributed by atoms with Gasteiger partial charge in [0.1, 0.15) is 5.82 Å². The van der Waals surface area contributed by atoms with E-state index in [0.717, 1.165) is 5.82 Å². The standard InChI is InChI=1S/C8H11N3O/c1-6(12)11-7-3-4-8(9-2)10-5-7/h3-5H,1-2H3,(H,9,10)(H,11,12). The highest BCUT2D eigenvalue weighted by atomic mass is 16.1. The number of amides is 1. The summed E-state index contributed by atoms with van der Waals surface area (Å²) in [6.45, 7) is 1.46. The first-order chi connectivity index (χ1) is 5.72. The molecule has 1 aromatic rings. The van der Waals surface area contributed by atoms with E-state index >= 15 is 0 Å². The van der Waals surface area contributed by atoms with Gasteiger partial charge in [0.05, 0.1) is 11.9 Å².